The predicted molar refractivity (Wildman–Crippen MR) is 79.5 cm³/mol. The standard InChI is InChI=1S/C13H14BrN3OS/c1-18-11-6-8(14)2-5-10(11)13-17-16-12(19-13)7-15-9-3-4-9/h2,5-6,9,15H,3-4,7H2,1H3. The summed E-state index contributed by atoms with van der Waals surface area (Å²) in [5.74, 6) is 0.812. The Bertz CT molecular complexity index is 583. The van der Waals surface area contributed by atoms with Gasteiger partial charge < -0.3 is 10.1 Å². The molecule has 1 fully saturated rings. The fourth-order valence-electron chi connectivity index (χ4n) is 1.79. The van der Waals surface area contributed by atoms with E-state index in [-0.39, 0.29) is 0 Å². The summed E-state index contributed by atoms with van der Waals surface area (Å²) in [5, 5.41) is 13.8. The van der Waals surface area contributed by atoms with Gasteiger partial charge in [0.05, 0.1) is 12.7 Å². The first-order valence-electron chi connectivity index (χ1n) is 6.16. The van der Waals surface area contributed by atoms with Crippen molar-refractivity contribution in [1.29, 1.82) is 0 Å². The quantitative estimate of drug-likeness (QED) is 0.908. The fraction of sp³-hybridized carbons (Fsp3) is 0.385. The molecular formula is C13H14BrN3OS. The van der Waals surface area contributed by atoms with Crippen molar-refractivity contribution >= 4 is 27.3 Å². The molecular weight excluding hydrogens is 326 g/mol. The first kappa shape index (κ1) is 13.0. The molecule has 3 rings (SSSR count). The lowest BCUT2D eigenvalue weighted by Gasteiger charge is -2.05. The van der Waals surface area contributed by atoms with E-state index in [1.807, 2.05) is 18.2 Å². The molecule has 1 aromatic heterocycles. The Balaban J connectivity index is 1.80. The Kier molecular flexibility index (Phi) is 3.81. The minimum Gasteiger partial charge on any atom is -0.496 e. The molecule has 2 aromatic rings. The Morgan fingerprint density at radius 3 is 3.00 bits per heavy atom. The molecule has 1 saturated carbocycles. The number of hydrogen-bond donors (Lipinski definition) is 1. The topological polar surface area (TPSA) is 47.0 Å². The molecule has 0 saturated heterocycles. The minimum absolute atomic E-state index is 0.689. The molecule has 6 heteroatoms. The third-order valence-electron chi connectivity index (χ3n) is 2.98. The van der Waals surface area contributed by atoms with Crippen LogP contribution < -0.4 is 10.1 Å². The van der Waals surface area contributed by atoms with Crippen LogP contribution in [0.3, 0.4) is 0 Å². The van der Waals surface area contributed by atoms with Crippen molar-refractivity contribution in [2.45, 2.75) is 25.4 Å². The van der Waals surface area contributed by atoms with Crippen molar-refractivity contribution < 1.29 is 4.74 Å². The summed E-state index contributed by atoms with van der Waals surface area (Å²) in [5.41, 5.74) is 0.987. The summed E-state index contributed by atoms with van der Waals surface area (Å²) in [4.78, 5) is 0. The van der Waals surface area contributed by atoms with Crippen molar-refractivity contribution in [1.82, 2.24) is 15.5 Å². The molecule has 0 aliphatic heterocycles. The van der Waals surface area contributed by atoms with E-state index in [0.29, 0.717) is 6.04 Å². The fourth-order valence-corrected chi connectivity index (χ4v) is 2.96. The molecule has 0 amide bonds. The Hall–Kier alpha value is -0.980. The lowest BCUT2D eigenvalue weighted by molar-refractivity contribution is 0.416. The second-order valence-electron chi connectivity index (χ2n) is 4.50. The highest BCUT2D eigenvalue weighted by Gasteiger charge is 2.21. The molecule has 0 unspecified atom stereocenters. The lowest BCUT2D eigenvalue weighted by Crippen LogP contribution is -2.14. The summed E-state index contributed by atoms with van der Waals surface area (Å²) in [6.45, 7) is 0.807. The summed E-state index contributed by atoms with van der Waals surface area (Å²) in [6.07, 6.45) is 2.57. The number of methoxy groups -OCH3 is 1. The van der Waals surface area contributed by atoms with E-state index >= 15 is 0 Å². The van der Waals surface area contributed by atoms with Crippen LogP contribution in [0.1, 0.15) is 17.8 Å². The Labute approximate surface area is 124 Å². The van der Waals surface area contributed by atoms with Crippen LogP contribution in [0.4, 0.5) is 0 Å². The van der Waals surface area contributed by atoms with Gasteiger partial charge in [0.15, 0.2) is 5.01 Å². The van der Waals surface area contributed by atoms with Crippen molar-refractivity contribution in [3.63, 3.8) is 0 Å². The first-order chi connectivity index (χ1) is 9.26. The van der Waals surface area contributed by atoms with Gasteiger partial charge in [0.25, 0.3) is 0 Å². The second-order valence-corrected chi connectivity index (χ2v) is 6.48. The van der Waals surface area contributed by atoms with Crippen LogP contribution in [0.25, 0.3) is 10.6 Å². The molecule has 0 radical (unpaired) electrons. The number of ether oxygens (including phenoxy) is 1. The van der Waals surface area contributed by atoms with E-state index in [1.165, 1.54) is 12.8 Å². The van der Waals surface area contributed by atoms with Crippen molar-refractivity contribution in [3.05, 3.63) is 27.7 Å². The molecule has 100 valence electrons. The van der Waals surface area contributed by atoms with Crippen LogP contribution in [0, 0.1) is 0 Å². The monoisotopic (exact) mass is 339 g/mol. The van der Waals surface area contributed by atoms with Gasteiger partial charge in [-0.2, -0.15) is 0 Å². The van der Waals surface area contributed by atoms with E-state index < -0.39 is 0 Å². The maximum Gasteiger partial charge on any atom is 0.151 e. The van der Waals surface area contributed by atoms with Crippen LogP contribution >= 0.6 is 27.3 Å². The highest BCUT2D eigenvalue weighted by atomic mass is 79.9. The van der Waals surface area contributed by atoms with Gasteiger partial charge in [-0.05, 0) is 31.0 Å². The van der Waals surface area contributed by atoms with E-state index in [0.717, 1.165) is 32.3 Å². The first-order valence-corrected chi connectivity index (χ1v) is 7.77. The third-order valence-corrected chi connectivity index (χ3v) is 4.43. The molecule has 1 aromatic carbocycles. The summed E-state index contributed by atoms with van der Waals surface area (Å²) in [7, 11) is 1.67. The van der Waals surface area contributed by atoms with Crippen LogP contribution in [0.5, 0.6) is 5.75 Å². The number of halogens is 1. The van der Waals surface area contributed by atoms with E-state index in [4.69, 9.17) is 4.74 Å². The molecule has 19 heavy (non-hydrogen) atoms. The second kappa shape index (κ2) is 5.56. The normalized spacial score (nSPS) is 14.6. The molecule has 1 aliphatic rings. The minimum atomic E-state index is 0.689. The summed E-state index contributed by atoms with van der Waals surface area (Å²) < 4.78 is 6.39. The van der Waals surface area contributed by atoms with E-state index in [1.54, 1.807) is 18.4 Å². The molecule has 0 bridgehead atoms. The van der Waals surface area contributed by atoms with Crippen LogP contribution in [0.15, 0.2) is 22.7 Å². The van der Waals surface area contributed by atoms with Gasteiger partial charge in [0.2, 0.25) is 0 Å². The van der Waals surface area contributed by atoms with Gasteiger partial charge in [-0.3, -0.25) is 0 Å². The third kappa shape index (κ3) is 3.13. The highest BCUT2D eigenvalue weighted by Crippen LogP contribution is 2.34. The smallest absolute Gasteiger partial charge is 0.151 e. The van der Waals surface area contributed by atoms with Gasteiger partial charge >= 0.3 is 0 Å². The molecule has 1 heterocycles. The van der Waals surface area contributed by atoms with Gasteiger partial charge in [0.1, 0.15) is 10.8 Å². The van der Waals surface area contributed by atoms with Gasteiger partial charge in [0, 0.05) is 17.1 Å². The lowest BCUT2D eigenvalue weighted by atomic mass is 10.2. The van der Waals surface area contributed by atoms with E-state index in [2.05, 4.69) is 31.4 Å². The largest absolute Gasteiger partial charge is 0.496 e. The Morgan fingerprint density at radius 2 is 2.26 bits per heavy atom. The number of benzene rings is 1. The molecule has 0 spiro atoms. The number of aromatic nitrogens is 2. The maximum absolute atomic E-state index is 5.39. The molecule has 0 atom stereocenters. The van der Waals surface area contributed by atoms with Gasteiger partial charge in [-0.1, -0.05) is 27.3 Å². The van der Waals surface area contributed by atoms with Gasteiger partial charge in [-0.25, -0.2) is 0 Å². The Morgan fingerprint density at radius 1 is 1.42 bits per heavy atom. The maximum atomic E-state index is 5.39. The van der Waals surface area contributed by atoms with E-state index in [9.17, 15) is 0 Å². The summed E-state index contributed by atoms with van der Waals surface area (Å²) >= 11 is 5.05. The van der Waals surface area contributed by atoms with Crippen LogP contribution in [0.2, 0.25) is 0 Å². The SMILES string of the molecule is COc1cc(Br)ccc1-c1nnc(CNC2CC2)s1. The van der Waals surface area contributed by atoms with Crippen molar-refractivity contribution in [3.8, 4) is 16.3 Å². The highest BCUT2D eigenvalue weighted by molar-refractivity contribution is 9.10. The van der Waals surface area contributed by atoms with Gasteiger partial charge in [-0.15, -0.1) is 10.2 Å². The zero-order valence-electron chi connectivity index (χ0n) is 10.5. The van der Waals surface area contributed by atoms with Crippen molar-refractivity contribution in [2.75, 3.05) is 7.11 Å². The predicted octanol–water partition coefficient (Wildman–Crippen LogP) is 3.23. The number of hydrogen-bond acceptors (Lipinski definition) is 5. The molecule has 4 nitrogen and oxygen atoms in total. The number of rotatable bonds is 5. The zero-order valence-corrected chi connectivity index (χ0v) is 12.9. The molecule has 1 aliphatic carbocycles. The average Bonchev–Trinajstić information content (AvgIpc) is 3.14. The summed E-state index contributed by atoms with van der Waals surface area (Å²) in [6, 6.07) is 6.62. The van der Waals surface area contributed by atoms with Crippen molar-refractivity contribution in [2.24, 2.45) is 0 Å². The zero-order chi connectivity index (χ0) is 13.2. The number of nitrogens with zero attached hydrogens (tertiary/aromatic N) is 2. The molecule has 1 N–H and O–H groups in total. The number of nitrogens with one attached hydrogen (secondary N) is 1. The van der Waals surface area contributed by atoms with Crippen LogP contribution in [-0.4, -0.2) is 23.3 Å². The van der Waals surface area contributed by atoms with Crippen LogP contribution in [-0.2, 0) is 6.54 Å². The average molecular weight is 340 g/mol.